The lowest BCUT2D eigenvalue weighted by molar-refractivity contribution is 0.498. The molecular formula is C16H34S2. The third-order valence-electron chi connectivity index (χ3n) is 4.38. The number of rotatable bonds is 11. The zero-order valence-corrected chi connectivity index (χ0v) is 15.1. The predicted molar refractivity (Wildman–Crippen MR) is 91.6 cm³/mol. The zero-order valence-electron chi connectivity index (χ0n) is 13.5. The molecule has 0 nitrogen and oxygen atoms in total. The molecule has 0 bridgehead atoms. The van der Waals surface area contributed by atoms with Crippen molar-refractivity contribution in [3.63, 3.8) is 0 Å². The van der Waals surface area contributed by atoms with Gasteiger partial charge in [0.1, 0.15) is 0 Å². The normalized spacial score (nSPS) is 13.0. The Morgan fingerprint density at radius 1 is 0.556 bits per heavy atom. The molecule has 0 aromatic rings. The first-order valence-corrected chi connectivity index (χ1v) is 10.1. The van der Waals surface area contributed by atoms with Gasteiger partial charge in [-0.05, 0) is 38.5 Å². The fourth-order valence-electron chi connectivity index (χ4n) is 2.61. The molecule has 0 aliphatic heterocycles. The first-order valence-electron chi connectivity index (χ1n) is 7.94. The van der Waals surface area contributed by atoms with Crippen LogP contribution < -0.4 is 0 Å². The Morgan fingerprint density at radius 2 is 0.833 bits per heavy atom. The Balaban J connectivity index is 4.64. The summed E-state index contributed by atoms with van der Waals surface area (Å²) >= 11 is 0. The minimum absolute atomic E-state index is 0.517. The van der Waals surface area contributed by atoms with Crippen LogP contribution in [0.2, 0.25) is 0 Å². The highest BCUT2D eigenvalue weighted by molar-refractivity contribution is 8.77. The number of hydrogen-bond donors (Lipinski definition) is 0. The molecule has 0 aliphatic rings. The van der Waals surface area contributed by atoms with E-state index >= 15 is 0 Å². The van der Waals surface area contributed by atoms with E-state index in [-0.39, 0.29) is 0 Å². The van der Waals surface area contributed by atoms with E-state index in [9.17, 15) is 0 Å². The first-order chi connectivity index (χ1) is 8.57. The highest BCUT2D eigenvalue weighted by Gasteiger charge is 2.33. The van der Waals surface area contributed by atoms with Gasteiger partial charge in [-0.3, -0.25) is 0 Å². The Hall–Kier alpha value is 0.700. The fourth-order valence-corrected chi connectivity index (χ4v) is 6.99. The molecule has 18 heavy (non-hydrogen) atoms. The largest absolute Gasteiger partial charge is 0.0868 e. The molecule has 0 aromatic heterocycles. The molecule has 0 radical (unpaired) electrons. The lowest BCUT2D eigenvalue weighted by Gasteiger charge is -2.37. The molecule has 0 aromatic carbocycles. The van der Waals surface area contributed by atoms with Gasteiger partial charge in [-0.15, -0.1) is 0 Å². The second kappa shape index (κ2) is 9.58. The minimum atomic E-state index is 0.517. The highest BCUT2D eigenvalue weighted by atomic mass is 33.1. The van der Waals surface area contributed by atoms with Gasteiger partial charge in [0.25, 0.3) is 0 Å². The van der Waals surface area contributed by atoms with Crippen molar-refractivity contribution in [2.45, 2.75) is 102 Å². The summed E-state index contributed by atoms with van der Waals surface area (Å²) in [6.45, 7) is 14.1. The molecule has 0 aliphatic carbocycles. The van der Waals surface area contributed by atoms with E-state index in [4.69, 9.17) is 0 Å². The van der Waals surface area contributed by atoms with Crippen LogP contribution in [0.15, 0.2) is 0 Å². The molecule has 0 N–H and O–H groups in total. The van der Waals surface area contributed by atoms with Crippen molar-refractivity contribution in [1.82, 2.24) is 0 Å². The molecule has 0 atom stereocenters. The molecule has 0 saturated heterocycles. The Bertz CT molecular complexity index is 171. The summed E-state index contributed by atoms with van der Waals surface area (Å²) in [5, 5.41) is 0. The quantitative estimate of drug-likeness (QED) is 0.373. The monoisotopic (exact) mass is 290 g/mol. The molecule has 0 amide bonds. The van der Waals surface area contributed by atoms with Crippen molar-refractivity contribution in [3.8, 4) is 0 Å². The van der Waals surface area contributed by atoms with Gasteiger partial charge in [0.2, 0.25) is 0 Å². The maximum atomic E-state index is 2.37. The summed E-state index contributed by atoms with van der Waals surface area (Å²) < 4.78 is 1.03. The number of hydrogen-bond acceptors (Lipinski definition) is 2. The Morgan fingerprint density at radius 3 is 1.00 bits per heavy atom. The molecule has 2 heteroatoms. The van der Waals surface area contributed by atoms with Crippen molar-refractivity contribution in [1.29, 1.82) is 0 Å². The van der Waals surface area contributed by atoms with Crippen LogP contribution in [-0.2, 0) is 0 Å². The average molecular weight is 291 g/mol. The summed E-state index contributed by atoms with van der Waals surface area (Å²) in [6.07, 6.45) is 10.6. The molecule has 110 valence electrons. The van der Waals surface area contributed by atoms with Gasteiger partial charge in [0, 0.05) is 9.49 Å². The summed E-state index contributed by atoms with van der Waals surface area (Å²) in [7, 11) is 4.41. The maximum absolute atomic E-state index is 2.37. The third-order valence-corrected chi connectivity index (χ3v) is 9.11. The second-order valence-corrected chi connectivity index (χ2v) is 8.51. The molecular weight excluding hydrogens is 256 g/mol. The minimum Gasteiger partial charge on any atom is -0.0868 e. The van der Waals surface area contributed by atoms with Crippen LogP contribution in [0, 0.1) is 0 Å². The van der Waals surface area contributed by atoms with Crippen LogP contribution in [0.25, 0.3) is 0 Å². The fraction of sp³-hybridized carbons (Fsp3) is 1.00. The van der Waals surface area contributed by atoms with Crippen LogP contribution in [0.4, 0.5) is 0 Å². The van der Waals surface area contributed by atoms with Crippen molar-refractivity contribution < 1.29 is 0 Å². The summed E-state index contributed by atoms with van der Waals surface area (Å²) in [5.41, 5.74) is 0. The average Bonchev–Trinajstić information content (AvgIpc) is 2.42. The van der Waals surface area contributed by atoms with Crippen LogP contribution in [-0.4, -0.2) is 9.49 Å². The standard InChI is InChI=1S/C16H34S2/c1-7-13-15(9-3,10-4)17-18-16(11-5,12-6)14-8-2/h7-14H2,1-6H3. The topological polar surface area (TPSA) is 0 Å². The SMILES string of the molecule is CCCC(CC)(CC)SSC(CC)(CC)CCC. The van der Waals surface area contributed by atoms with E-state index < -0.39 is 0 Å². The summed E-state index contributed by atoms with van der Waals surface area (Å²) in [6, 6.07) is 0. The van der Waals surface area contributed by atoms with Gasteiger partial charge in [0.15, 0.2) is 0 Å². The van der Waals surface area contributed by atoms with Crippen LogP contribution in [0.3, 0.4) is 0 Å². The molecule has 0 rings (SSSR count). The van der Waals surface area contributed by atoms with E-state index in [0.717, 1.165) is 0 Å². The summed E-state index contributed by atoms with van der Waals surface area (Å²) in [4.78, 5) is 0. The molecule has 0 fully saturated rings. The third kappa shape index (κ3) is 5.36. The molecule has 0 unspecified atom stereocenters. The van der Waals surface area contributed by atoms with Crippen LogP contribution in [0.1, 0.15) is 92.9 Å². The van der Waals surface area contributed by atoms with Crippen molar-refractivity contribution >= 4 is 21.6 Å². The van der Waals surface area contributed by atoms with E-state index in [2.05, 4.69) is 63.1 Å². The van der Waals surface area contributed by atoms with Crippen LogP contribution >= 0.6 is 21.6 Å². The highest BCUT2D eigenvalue weighted by Crippen LogP contribution is 2.52. The molecule has 0 heterocycles. The van der Waals surface area contributed by atoms with Crippen molar-refractivity contribution in [2.75, 3.05) is 0 Å². The predicted octanol–water partition coefficient (Wildman–Crippen LogP) is 7.09. The van der Waals surface area contributed by atoms with Gasteiger partial charge in [-0.2, -0.15) is 0 Å². The van der Waals surface area contributed by atoms with Gasteiger partial charge in [0.05, 0.1) is 0 Å². The van der Waals surface area contributed by atoms with E-state index in [1.807, 2.05) is 0 Å². The maximum Gasteiger partial charge on any atom is 0.0258 e. The van der Waals surface area contributed by atoms with Crippen LogP contribution in [0.5, 0.6) is 0 Å². The molecule has 0 saturated carbocycles. The lowest BCUT2D eigenvalue weighted by Crippen LogP contribution is -2.26. The van der Waals surface area contributed by atoms with Gasteiger partial charge in [-0.1, -0.05) is 76.0 Å². The van der Waals surface area contributed by atoms with Gasteiger partial charge < -0.3 is 0 Å². The summed E-state index contributed by atoms with van der Waals surface area (Å²) in [5.74, 6) is 0. The Labute approximate surface area is 124 Å². The van der Waals surface area contributed by atoms with E-state index in [0.29, 0.717) is 9.49 Å². The lowest BCUT2D eigenvalue weighted by atomic mass is 9.97. The van der Waals surface area contributed by atoms with E-state index in [1.165, 1.54) is 51.4 Å². The second-order valence-electron chi connectivity index (χ2n) is 5.45. The first kappa shape index (κ1) is 18.7. The van der Waals surface area contributed by atoms with Crippen molar-refractivity contribution in [2.24, 2.45) is 0 Å². The van der Waals surface area contributed by atoms with Crippen molar-refractivity contribution in [3.05, 3.63) is 0 Å². The van der Waals surface area contributed by atoms with E-state index in [1.54, 1.807) is 0 Å². The molecule has 0 spiro atoms. The smallest absolute Gasteiger partial charge is 0.0258 e. The van der Waals surface area contributed by atoms with Gasteiger partial charge >= 0.3 is 0 Å². The van der Waals surface area contributed by atoms with Gasteiger partial charge in [-0.25, -0.2) is 0 Å². The zero-order chi connectivity index (χ0) is 14.1. The Kier molecular flexibility index (Phi) is 9.95.